The van der Waals surface area contributed by atoms with E-state index < -0.39 is 0 Å². The van der Waals surface area contributed by atoms with Crippen molar-refractivity contribution in [1.82, 2.24) is 5.32 Å². The van der Waals surface area contributed by atoms with Gasteiger partial charge < -0.3 is 15.2 Å². The maximum Gasteiger partial charge on any atom is 0.126 e. The van der Waals surface area contributed by atoms with Crippen LogP contribution >= 0.6 is 0 Å². The predicted octanol–water partition coefficient (Wildman–Crippen LogP) is 1.02. The molecule has 1 atom stereocenters. The summed E-state index contributed by atoms with van der Waals surface area (Å²) in [5.74, 6) is 1.14. The van der Waals surface area contributed by atoms with Crippen molar-refractivity contribution in [3.63, 3.8) is 0 Å². The van der Waals surface area contributed by atoms with Crippen LogP contribution in [-0.2, 0) is 5.41 Å². The molecule has 0 saturated carbocycles. The van der Waals surface area contributed by atoms with Crippen LogP contribution in [0, 0.1) is 0 Å². The lowest BCUT2D eigenvalue weighted by Crippen LogP contribution is -2.30. The van der Waals surface area contributed by atoms with Crippen molar-refractivity contribution in [3.05, 3.63) is 23.8 Å². The summed E-state index contributed by atoms with van der Waals surface area (Å²) in [5.41, 5.74) is 1.42. The molecule has 2 heterocycles. The number of phenols is 1. The Morgan fingerprint density at radius 3 is 3.14 bits per heavy atom. The maximum absolute atomic E-state index is 9.33. The van der Waals surface area contributed by atoms with Gasteiger partial charge in [-0.05, 0) is 19.0 Å². The highest BCUT2D eigenvalue weighted by Crippen LogP contribution is 2.43. The van der Waals surface area contributed by atoms with Gasteiger partial charge >= 0.3 is 0 Å². The van der Waals surface area contributed by atoms with E-state index in [1.807, 2.05) is 6.07 Å². The van der Waals surface area contributed by atoms with Crippen molar-refractivity contribution in [1.29, 1.82) is 0 Å². The molecular weight excluding hydrogens is 178 g/mol. The zero-order valence-electron chi connectivity index (χ0n) is 7.92. The first-order valence-electron chi connectivity index (χ1n) is 4.97. The third-order valence-electron chi connectivity index (χ3n) is 3.28. The predicted molar refractivity (Wildman–Crippen MR) is 52.8 cm³/mol. The van der Waals surface area contributed by atoms with E-state index in [1.165, 1.54) is 5.56 Å². The molecule has 0 amide bonds. The second-order valence-corrected chi connectivity index (χ2v) is 4.18. The molecule has 3 rings (SSSR count). The number of phenolic OH excluding ortho intramolecular Hbond substituents is 1. The molecule has 14 heavy (non-hydrogen) atoms. The van der Waals surface area contributed by atoms with E-state index in [2.05, 4.69) is 5.32 Å². The molecule has 0 bridgehead atoms. The van der Waals surface area contributed by atoms with E-state index >= 15 is 0 Å². The number of ether oxygens (including phenoxy) is 1. The van der Waals surface area contributed by atoms with Gasteiger partial charge in [-0.2, -0.15) is 0 Å². The Bertz CT molecular complexity index is 370. The zero-order chi connectivity index (χ0) is 9.60. The fourth-order valence-electron chi connectivity index (χ4n) is 2.46. The standard InChI is InChI=1S/C11H13NO2/c13-8-1-2-9-10(5-8)14-7-11(9)3-4-12-6-11/h1-2,5,12-13H,3-4,6-7H2. The van der Waals surface area contributed by atoms with Gasteiger partial charge in [0.05, 0.1) is 6.61 Å². The molecule has 1 spiro atoms. The summed E-state index contributed by atoms with van der Waals surface area (Å²) in [6.45, 7) is 2.80. The van der Waals surface area contributed by atoms with E-state index in [9.17, 15) is 5.11 Å². The number of hydrogen-bond donors (Lipinski definition) is 2. The highest BCUT2D eigenvalue weighted by molar-refractivity contribution is 5.48. The van der Waals surface area contributed by atoms with Crippen LogP contribution in [0.25, 0.3) is 0 Å². The molecule has 1 saturated heterocycles. The molecule has 1 fully saturated rings. The van der Waals surface area contributed by atoms with Gasteiger partial charge in [0.2, 0.25) is 0 Å². The first-order valence-corrected chi connectivity index (χ1v) is 4.97. The third-order valence-corrected chi connectivity index (χ3v) is 3.28. The van der Waals surface area contributed by atoms with E-state index in [0.717, 1.165) is 31.9 Å². The van der Waals surface area contributed by atoms with Crippen molar-refractivity contribution >= 4 is 0 Å². The molecule has 2 aliphatic rings. The number of nitrogens with one attached hydrogen (secondary N) is 1. The first kappa shape index (κ1) is 8.12. The average Bonchev–Trinajstić information content (AvgIpc) is 2.77. The minimum atomic E-state index is 0.170. The molecule has 3 nitrogen and oxygen atoms in total. The highest BCUT2D eigenvalue weighted by atomic mass is 16.5. The second-order valence-electron chi connectivity index (χ2n) is 4.18. The molecule has 74 valence electrons. The molecular formula is C11H13NO2. The monoisotopic (exact) mass is 191 g/mol. The summed E-state index contributed by atoms with van der Waals surface area (Å²) in [6.07, 6.45) is 1.13. The van der Waals surface area contributed by atoms with Crippen LogP contribution in [0.4, 0.5) is 0 Å². The molecule has 0 aromatic heterocycles. The highest BCUT2D eigenvalue weighted by Gasteiger charge is 2.42. The van der Waals surface area contributed by atoms with Crippen molar-refractivity contribution < 1.29 is 9.84 Å². The third kappa shape index (κ3) is 0.960. The van der Waals surface area contributed by atoms with Gasteiger partial charge in [0.1, 0.15) is 11.5 Å². The molecule has 1 unspecified atom stereocenters. The smallest absolute Gasteiger partial charge is 0.126 e. The number of benzene rings is 1. The van der Waals surface area contributed by atoms with Gasteiger partial charge in [-0.3, -0.25) is 0 Å². The van der Waals surface area contributed by atoms with Crippen LogP contribution < -0.4 is 10.1 Å². The largest absolute Gasteiger partial charge is 0.508 e. The van der Waals surface area contributed by atoms with E-state index in [0.29, 0.717) is 0 Å². The normalized spacial score (nSPS) is 29.1. The van der Waals surface area contributed by atoms with Gasteiger partial charge in [0.25, 0.3) is 0 Å². The van der Waals surface area contributed by atoms with Crippen LogP contribution in [0.3, 0.4) is 0 Å². The molecule has 0 aliphatic carbocycles. The van der Waals surface area contributed by atoms with Crippen molar-refractivity contribution in [3.8, 4) is 11.5 Å². The van der Waals surface area contributed by atoms with E-state index in [4.69, 9.17) is 4.74 Å². The first-order chi connectivity index (χ1) is 6.80. The molecule has 2 aliphatic heterocycles. The Morgan fingerprint density at radius 1 is 1.43 bits per heavy atom. The zero-order valence-corrected chi connectivity index (χ0v) is 7.92. The fraction of sp³-hybridized carbons (Fsp3) is 0.455. The van der Waals surface area contributed by atoms with Gasteiger partial charge in [-0.1, -0.05) is 6.07 Å². The second kappa shape index (κ2) is 2.64. The molecule has 1 aromatic rings. The maximum atomic E-state index is 9.33. The Kier molecular flexibility index (Phi) is 1.53. The Hall–Kier alpha value is -1.22. The van der Waals surface area contributed by atoms with Gasteiger partial charge in [-0.25, -0.2) is 0 Å². The minimum Gasteiger partial charge on any atom is -0.508 e. The lowest BCUT2D eigenvalue weighted by molar-refractivity contribution is 0.277. The van der Waals surface area contributed by atoms with Gasteiger partial charge in [0, 0.05) is 23.6 Å². The molecule has 0 radical (unpaired) electrons. The summed E-state index contributed by atoms with van der Waals surface area (Å²) in [6, 6.07) is 5.45. The Labute approximate surface area is 82.7 Å². The SMILES string of the molecule is Oc1ccc2c(c1)OCC21CCNC1. The number of rotatable bonds is 0. The average molecular weight is 191 g/mol. The van der Waals surface area contributed by atoms with E-state index in [-0.39, 0.29) is 11.2 Å². The Balaban J connectivity index is 2.09. The van der Waals surface area contributed by atoms with Crippen LogP contribution in [0.1, 0.15) is 12.0 Å². The van der Waals surface area contributed by atoms with Crippen LogP contribution in [-0.4, -0.2) is 24.8 Å². The summed E-state index contributed by atoms with van der Waals surface area (Å²) in [4.78, 5) is 0. The number of hydrogen-bond acceptors (Lipinski definition) is 3. The van der Waals surface area contributed by atoms with Crippen molar-refractivity contribution in [2.45, 2.75) is 11.8 Å². The topological polar surface area (TPSA) is 41.5 Å². The lowest BCUT2D eigenvalue weighted by atomic mass is 9.82. The lowest BCUT2D eigenvalue weighted by Gasteiger charge is -2.19. The van der Waals surface area contributed by atoms with E-state index in [1.54, 1.807) is 12.1 Å². The van der Waals surface area contributed by atoms with Crippen LogP contribution in [0.5, 0.6) is 11.5 Å². The van der Waals surface area contributed by atoms with Gasteiger partial charge in [-0.15, -0.1) is 0 Å². The summed E-state index contributed by atoms with van der Waals surface area (Å²) in [5, 5.41) is 12.7. The van der Waals surface area contributed by atoms with Crippen molar-refractivity contribution in [2.75, 3.05) is 19.7 Å². The summed E-state index contributed by atoms with van der Waals surface area (Å²) >= 11 is 0. The number of fused-ring (bicyclic) bond motifs is 2. The summed E-state index contributed by atoms with van der Waals surface area (Å²) in [7, 11) is 0. The Morgan fingerprint density at radius 2 is 2.36 bits per heavy atom. The minimum absolute atomic E-state index is 0.170. The summed E-state index contributed by atoms with van der Waals surface area (Å²) < 4.78 is 5.62. The quantitative estimate of drug-likeness (QED) is 0.643. The van der Waals surface area contributed by atoms with Crippen LogP contribution in [0.15, 0.2) is 18.2 Å². The molecule has 3 heteroatoms. The fourth-order valence-corrected chi connectivity index (χ4v) is 2.46. The van der Waals surface area contributed by atoms with Crippen LogP contribution in [0.2, 0.25) is 0 Å². The number of aromatic hydroxyl groups is 1. The molecule has 2 N–H and O–H groups in total. The van der Waals surface area contributed by atoms with Crippen molar-refractivity contribution in [2.24, 2.45) is 0 Å². The molecule has 1 aromatic carbocycles. The van der Waals surface area contributed by atoms with Gasteiger partial charge in [0.15, 0.2) is 0 Å².